The van der Waals surface area contributed by atoms with Crippen LogP contribution in [-0.4, -0.2) is 24.1 Å². The molecule has 0 saturated carbocycles. The van der Waals surface area contributed by atoms with Crippen LogP contribution in [0.25, 0.3) is 89.0 Å². The molecule has 242 valence electrons. The summed E-state index contributed by atoms with van der Waals surface area (Å²) < 4.78 is 4.65. The fourth-order valence-corrected chi connectivity index (χ4v) is 7.52. The zero-order valence-corrected chi connectivity index (χ0v) is 27.8. The topological polar surface area (TPSA) is 72.3 Å². The summed E-state index contributed by atoms with van der Waals surface area (Å²) in [6, 6.07) is 58.2. The van der Waals surface area contributed by atoms with Crippen LogP contribution >= 0.6 is 0 Å². The van der Waals surface area contributed by atoms with E-state index in [1.54, 1.807) is 6.07 Å². The Morgan fingerprint density at radius 3 is 1.94 bits per heavy atom. The van der Waals surface area contributed by atoms with Gasteiger partial charge in [0.1, 0.15) is 5.65 Å². The zero-order valence-electron chi connectivity index (χ0n) is 27.8. The highest BCUT2D eigenvalue weighted by atomic mass is 15.1. The molecule has 0 unspecified atom stereocenters. The fourth-order valence-electron chi connectivity index (χ4n) is 7.52. The first kappa shape index (κ1) is 29.5. The van der Waals surface area contributed by atoms with E-state index in [0.717, 1.165) is 66.9 Å². The molecule has 0 saturated heterocycles. The summed E-state index contributed by atoms with van der Waals surface area (Å²) >= 11 is 0. The molecule has 4 heterocycles. The van der Waals surface area contributed by atoms with Crippen LogP contribution in [-0.2, 0) is 0 Å². The summed E-state index contributed by atoms with van der Waals surface area (Å²) in [5.74, 6) is 0.515. The Hall–Kier alpha value is -7.36. The van der Waals surface area contributed by atoms with Gasteiger partial charge in [-0.3, -0.25) is 4.57 Å². The van der Waals surface area contributed by atoms with E-state index >= 15 is 0 Å². The Bertz CT molecular complexity index is 3010. The predicted octanol–water partition coefficient (Wildman–Crippen LogP) is 10.9. The lowest BCUT2D eigenvalue weighted by atomic mass is 10.0. The minimum absolute atomic E-state index is 0.515. The number of fused-ring (bicyclic) bond motifs is 7. The number of para-hydroxylation sites is 2. The highest BCUT2D eigenvalue weighted by Crippen LogP contribution is 2.41. The van der Waals surface area contributed by atoms with Crippen molar-refractivity contribution in [2.45, 2.75) is 0 Å². The predicted molar refractivity (Wildman–Crippen MR) is 210 cm³/mol. The highest BCUT2D eigenvalue weighted by molar-refractivity contribution is 6.25. The SMILES string of the molecule is N#Cc1ccccc1-c1nc(-c2ccccc2)cc(-c2ccc(-n3c4ncccc4c4ccc5c(c6ccccc6n5-c5ccccc5)c43)cc2)n1. The highest BCUT2D eigenvalue weighted by Gasteiger charge is 2.21. The van der Waals surface area contributed by atoms with Crippen molar-refractivity contribution >= 4 is 43.7 Å². The van der Waals surface area contributed by atoms with E-state index in [1.165, 1.54) is 10.8 Å². The molecule has 10 aromatic rings. The van der Waals surface area contributed by atoms with Gasteiger partial charge in [0, 0.05) is 55.8 Å². The van der Waals surface area contributed by atoms with Gasteiger partial charge in [-0.1, -0.05) is 97.1 Å². The number of rotatable bonds is 5. The van der Waals surface area contributed by atoms with Crippen LogP contribution < -0.4 is 0 Å². The van der Waals surface area contributed by atoms with Crippen LogP contribution in [0.1, 0.15) is 5.56 Å². The van der Waals surface area contributed by atoms with Gasteiger partial charge in [0.05, 0.1) is 39.6 Å². The molecule has 0 fully saturated rings. The summed E-state index contributed by atoms with van der Waals surface area (Å²) in [5, 5.41) is 14.5. The van der Waals surface area contributed by atoms with Gasteiger partial charge in [-0.2, -0.15) is 5.26 Å². The van der Waals surface area contributed by atoms with Crippen molar-refractivity contribution in [2.75, 3.05) is 0 Å². The minimum Gasteiger partial charge on any atom is -0.309 e. The number of hydrogen-bond acceptors (Lipinski definition) is 4. The number of aromatic nitrogens is 5. The first-order chi connectivity index (χ1) is 25.8. The largest absolute Gasteiger partial charge is 0.309 e. The molecule has 0 aliphatic rings. The average Bonchev–Trinajstić information content (AvgIpc) is 3.74. The molecular weight excluding hydrogens is 637 g/mol. The number of nitrogens with zero attached hydrogens (tertiary/aromatic N) is 6. The first-order valence-corrected chi connectivity index (χ1v) is 17.2. The Labute approximate surface area is 299 Å². The Morgan fingerprint density at radius 2 is 1.15 bits per heavy atom. The standard InChI is InChI=1S/C46H28N6/c47-29-32-14-7-8-17-35(32)45-49-39(30-12-3-1-4-13-30)28-40(50-45)31-21-23-34(24-22-31)52-44-36(37-19-11-27-48-46(37)52)25-26-42-43(44)38-18-9-10-20-41(38)51(42)33-15-5-2-6-16-33/h1-28H. The van der Waals surface area contributed by atoms with Crippen LogP contribution in [0.2, 0.25) is 0 Å². The molecule has 0 radical (unpaired) electrons. The molecule has 0 bridgehead atoms. The second-order valence-corrected chi connectivity index (χ2v) is 12.8. The van der Waals surface area contributed by atoms with E-state index in [9.17, 15) is 5.26 Å². The van der Waals surface area contributed by atoms with Crippen LogP contribution in [0, 0.1) is 11.3 Å². The molecule has 0 amide bonds. The van der Waals surface area contributed by atoms with Gasteiger partial charge in [-0.15, -0.1) is 0 Å². The van der Waals surface area contributed by atoms with Crippen molar-refractivity contribution in [1.29, 1.82) is 5.26 Å². The van der Waals surface area contributed by atoms with Crippen LogP contribution in [0.15, 0.2) is 170 Å². The van der Waals surface area contributed by atoms with E-state index in [2.05, 4.69) is 112 Å². The summed E-state index contributed by atoms with van der Waals surface area (Å²) in [6.45, 7) is 0. The number of hydrogen-bond donors (Lipinski definition) is 0. The lowest BCUT2D eigenvalue weighted by molar-refractivity contribution is 1.14. The first-order valence-electron chi connectivity index (χ1n) is 17.2. The number of benzene rings is 6. The van der Waals surface area contributed by atoms with Gasteiger partial charge in [0.15, 0.2) is 5.82 Å². The summed E-state index contributed by atoms with van der Waals surface area (Å²) in [5.41, 5.74) is 11.2. The van der Waals surface area contributed by atoms with Crippen LogP contribution in [0.3, 0.4) is 0 Å². The molecule has 6 nitrogen and oxygen atoms in total. The molecule has 0 spiro atoms. The smallest absolute Gasteiger partial charge is 0.161 e. The molecule has 6 aromatic carbocycles. The third-order valence-electron chi connectivity index (χ3n) is 9.84. The van der Waals surface area contributed by atoms with Gasteiger partial charge >= 0.3 is 0 Å². The molecule has 0 aliphatic carbocycles. The van der Waals surface area contributed by atoms with Gasteiger partial charge < -0.3 is 4.57 Å². The van der Waals surface area contributed by atoms with E-state index < -0.39 is 0 Å². The Balaban J connectivity index is 1.19. The van der Waals surface area contributed by atoms with Crippen molar-refractivity contribution in [3.05, 3.63) is 176 Å². The second-order valence-electron chi connectivity index (χ2n) is 12.8. The normalized spacial score (nSPS) is 11.4. The quantitative estimate of drug-likeness (QED) is 0.184. The molecule has 0 N–H and O–H groups in total. The second kappa shape index (κ2) is 11.9. The summed E-state index contributed by atoms with van der Waals surface area (Å²) in [6.07, 6.45) is 1.86. The lowest BCUT2D eigenvalue weighted by Crippen LogP contribution is -1.98. The van der Waals surface area contributed by atoms with Crippen molar-refractivity contribution in [3.63, 3.8) is 0 Å². The molecule has 0 atom stereocenters. The maximum absolute atomic E-state index is 9.89. The summed E-state index contributed by atoms with van der Waals surface area (Å²) in [7, 11) is 0. The van der Waals surface area contributed by atoms with Gasteiger partial charge in [0.25, 0.3) is 0 Å². The van der Waals surface area contributed by atoms with Crippen molar-refractivity contribution in [2.24, 2.45) is 0 Å². The molecule has 10 rings (SSSR count). The van der Waals surface area contributed by atoms with E-state index in [1.807, 2.05) is 66.9 Å². The van der Waals surface area contributed by atoms with Crippen molar-refractivity contribution < 1.29 is 0 Å². The summed E-state index contributed by atoms with van der Waals surface area (Å²) in [4.78, 5) is 14.9. The fraction of sp³-hybridized carbons (Fsp3) is 0. The maximum Gasteiger partial charge on any atom is 0.161 e. The maximum atomic E-state index is 9.89. The third kappa shape index (κ3) is 4.61. The Morgan fingerprint density at radius 1 is 0.500 bits per heavy atom. The average molecular weight is 665 g/mol. The molecule has 4 aromatic heterocycles. The lowest BCUT2D eigenvalue weighted by Gasteiger charge is -2.12. The minimum atomic E-state index is 0.515. The van der Waals surface area contributed by atoms with Crippen LogP contribution in [0.5, 0.6) is 0 Å². The molecule has 52 heavy (non-hydrogen) atoms. The van der Waals surface area contributed by atoms with Crippen LogP contribution in [0.4, 0.5) is 0 Å². The van der Waals surface area contributed by atoms with E-state index in [-0.39, 0.29) is 0 Å². The molecule has 6 heteroatoms. The number of pyridine rings is 1. The third-order valence-corrected chi connectivity index (χ3v) is 9.84. The van der Waals surface area contributed by atoms with E-state index in [4.69, 9.17) is 15.0 Å². The number of nitriles is 1. The van der Waals surface area contributed by atoms with E-state index in [0.29, 0.717) is 17.0 Å². The Kier molecular flexibility index (Phi) is 6.76. The zero-order chi connectivity index (χ0) is 34.6. The molecular formula is C46H28N6. The monoisotopic (exact) mass is 664 g/mol. The van der Waals surface area contributed by atoms with Crippen molar-refractivity contribution in [1.82, 2.24) is 24.1 Å². The van der Waals surface area contributed by atoms with Gasteiger partial charge in [-0.05, 0) is 66.7 Å². The van der Waals surface area contributed by atoms with Gasteiger partial charge in [0.2, 0.25) is 0 Å². The molecule has 0 aliphatic heterocycles. The van der Waals surface area contributed by atoms with Crippen molar-refractivity contribution in [3.8, 4) is 51.3 Å². The van der Waals surface area contributed by atoms with Gasteiger partial charge in [-0.25, -0.2) is 15.0 Å².